The van der Waals surface area contributed by atoms with Gasteiger partial charge in [0.25, 0.3) is 0 Å². The molecule has 1 saturated heterocycles. The molecule has 1 aliphatic rings. The first kappa shape index (κ1) is 18.7. The summed E-state index contributed by atoms with van der Waals surface area (Å²) in [5.74, 6) is 0.154. The molecule has 1 unspecified atom stereocenters. The molecule has 0 aliphatic carbocycles. The van der Waals surface area contributed by atoms with Crippen molar-refractivity contribution in [3.05, 3.63) is 29.8 Å². The summed E-state index contributed by atoms with van der Waals surface area (Å²) in [6, 6.07) is 8.13. The number of aliphatic hydroxyl groups is 1. The minimum absolute atomic E-state index is 0.154. The number of amides is 1. The molecule has 0 bridgehead atoms. The molecule has 0 spiro atoms. The predicted molar refractivity (Wildman–Crippen MR) is 98.4 cm³/mol. The second-order valence-electron chi connectivity index (χ2n) is 7.43. The standard InChI is InChI=1S/C19H31N3O2/c1-20(2)15-19(24)10-5-12-22(13-11-19)18(23)14-16-6-8-17(9-7-16)21(3)4/h6-9,24H,5,10-15H2,1-4H3. The van der Waals surface area contributed by atoms with E-state index in [0.29, 0.717) is 25.9 Å². The quantitative estimate of drug-likeness (QED) is 0.889. The maximum atomic E-state index is 12.6. The topological polar surface area (TPSA) is 47.0 Å². The molecular weight excluding hydrogens is 302 g/mol. The molecule has 1 fully saturated rings. The highest BCUT2D eigenvalue weighted by molar-refractivity contribution is 5.79. The third-order valence-corrected chi connectivity index (χ3v) is 4.69. The summed E-state index contributed by atoms with van der Waals surface area (Å²) in [4.78, 5) is 18.6. The van der Waals surface area contributed by atoms with Crippen LogP contribution in [0.4, 0.5) is 5.69 Å². The molecule has 0 aromatic heterocycles. The van der Waals surface area contributed by atoms with Gasteiger partial charge in [-0.05, 0) is 51.1 Å². The second-order valence-corrected chi connectivity index (χ2v) is 7.43. The van der Waals surface area contributed by atoms with Crippen molar-refractivity contribution in [2.75, 3.05) is 52.7 Å². The van der Waals surface area contributed by atoms with Gasteiger partial charge < -0.3 is 19.8 Å². The van der Waals surface area contributed by atoms with Gasteiger partial charge in [0, 0.05) is 39.4 Å². The van der Waals surface area contributed by atoms with Gasteiger partial charge in [-0.25, -0.2) is 0 Å². The Hall–Kier alpha value is -1.59. The first-order chi connectivity index (χ1) is 11.3. The highest BCUT2D eigenvalue weighted by atomic mass is 16.3. The molecule has 1 aromatic carbocycles. The molecule has 5 nitrogen and oxygen atoms in total. The number of anilines is 1. The van der Waals surface area contributed by atoms with Crippen LogP contribution < -0.4 is 4.90 Å². The normalized spacial score (nSPS) is 21.7. The zero-order chi connectivity index (χ0) is 17.7. The summed E-state index contributed by atoms with van der Waals surface area (Å²) in [5, 5.41) is 10.7. The largest absolute Gasteiger partial charge is 0.388 e. The molecule has 134 valence electrons. The lowest BCUT2D eigenvalue weighted by Crippen LogP contribution is -2.41. The van der Waals surface area contributed by atoms with Crippen LogP contribution in [0.3, 0.4) is 0 Å². The van der Waals surface area contributed by atoms with Crippen molar-refractivity contribution in [2.24, 2.45) is 0 Å². The lowest BCUT2D eigenvalue weighted by atomic mass is 9.94. The Morgan fingerprint density at radius 3 is 2.38 bits per heavy atom. The number of carbonyl (C=O) groups is 1. The van der Waals surface area contributed by atoms with Gasteiger partial charge in [0.05, 0.1) is 12.0 Å². The van der Waals surface area contributed by atoms with Crippen molar-refractivity contribution in [1.82, 2.24) is 9.80 Å². The van der Waals surface area contributed by atoms with Gasteiger partial charge >= 0.3 is 0 Å². The summed E-state index contributed by atoms with van der Waals surface area (Å²) in [6.45, 7) is 2.03. The van der Waals surface area contributed by atoms with E-state index < -0.39 is 5.60 Å². The van der Waals surface area contributed by atoms with Crippen molar-refractivity contribution >= 4 is 11.6 Å². The summed E-state index contributed by atoms with van der Waals surface area (Å²) in [6.07, 6.45) is 2.69. The molecule has 1 amide bonds. The number of nitrogens with zero attached hydrogens (tertiary/aromatic N) is 3. The van der Waals surface area contributed by atoms with E-state index in [4.69, 9.17) is 0 Å². The average molecular weight is 333 g/mol. The van der Waals surface area contributed by atoms with Crippen LogP contribution in [0.2, 0.25) is 0 Å². The SMILES string of the molecule is CN(C)CC1(O)CCCN(C(=O)Cc2ccc(N(C)C)cc2)CC1. The Bertz CT molecular complexity index is 542. The zero-order valence-corrected chi connectivity index (χ0v) is 15.5. The van der Waals surface area contributed by atoms with E-state index in [1.807, 2.05) is 67.2 Å². The molecule has 2 rings (SSSR count). The number of likely N-dealkylation sites (tertiary alicyclic amines) is 1. The minimum atomic E-state index is -0.675. The molecule has 1 atom stereocenters. The molecule has 5 heteroatoms. The number of rotatable bonds is 5. The Morgan fingerprint density at radius 1 is 1.12 bits per heavy atom. The highest BCUT2D eigenvalue weighted by Crippen LogP contribution is 2.23. The van der Waals surface area contributed by atoms with Crippen molar-refractivity contribution in [3.8, 4) is 0 Å². The molecule has 1 N–H and O–H groups in total. The second kappa shape index (κ2) is 7.99. The van der Waals surface area contributed by atoms with Gasteiger partial charge in [0.2, 0.25) is 5.91 Å². The number of likely N-dealkylation sites (N-methyl/N-ethyl adjacent to an activating group) is 1. The van der Waals surface area contributed by atoms with Crippen LogP contribution in [-0.2, 0) is 11.2 Å². The van der Waals surface area contributed by atoms with Crippen LogP contribution in [-0.4, -0.2) is 74.2 Å². The fraction of sp³-hybridized carbons (Fsp3) is 0.632. The van der Waals surface area contributed by atoms with Crippen molar-refractivity contribution in [2.45, 2.75) is 31.3 Å². The molecule has 1 aliphatic heterocycles. The summed E-state index contributed by atoms with van der Waals surface area (Å²) < 4.78 is 0. The Labute approximate surface area is 145 Å². The van der Waals surface area contributed by atoms with E-state index in [9.17, 15) is 9.90 Å². The van der Waals surface area contributed by atoms with E-state index in [0.717, 1.165) is 30.6 Å². The third kappa shape index (κ3) is 5.21. The third-order valence-electron chi connectivity index (χ3n) is 4.69. The number of benzene rings is 1. The summed E-state index contributed by atoms with van der Waals surface area (Å²) in [7, 11) is 7.96. The maximum absolute atomic E-state index is 12.6. The minimum Gasteiger partial charge on any atom is -0.388 e. The van der Waals surface area contributed by atoms with Crippen LogP contribution >= 0.6 is 0 Å². The maximum Gasteiger partial charge on any atom is 0.226 e. The highest BCUT2D eigenvalue weighted by Gasteiger charge is 2.31. The molecule has 0 saturated carbocycles. The van der Waals surface area contributed by atoms with Gasteiger partial charge in [0.15, 0.2) is 0 Å². The number of hydrogen-bond donors (Lipinski definition) is 1. The molecule has 0 radical (unpaired) electrons. The Balaban J connectivity index is 1.93. The van der Waals surface area contributed by atoms with Crippen LogP contribution in [0.15, 0.2) is 24.3 Å². The van der Waals surface area contributed by atoms with Gasteiger partial charge in [-0.3, -0.25) is 4.79 Å². The fourth-order valence-electron chi connectivity index (χ4n) is 3.37. The monoisotopic (exact) mass is 333 g/mol. The fourth-order valence-corrected chi connectivity index (χ4v) is 3.37. The number of hydrogen-bond acceptors (Lipinski definition) is 4. The molecule has 1 heterocycles. The Morgan fingerprint density at radius 2 is 1.79 bits per heavy atom. The van der Waals surface area contributed by atoms with Crippen LogP contribution in [0.25, 0.3) is 0 Å². The van der Waals surface area contributed by atoms with Gasteiger partial charge in [0.1, 0.15) is 0 Å². The Kier molecular flexibility index (Phi) is 6.24. The summed E-state index contributed by atoms with van der Waals surface area (Å²) in [5.41, 5.74) is 1.50. The van der Waals surface area contributed by atoms with Gasteiger partial charge in [-0.2, -0.15) is 0 Å². The van der Waals surface area contributed by atoms with E-state index in [1.54, 1.807) is 0 Å². The molecular formula is C19H31N3O2. The predicted octanol–water partition coefficient (Wildman–Crippen LogP) is 1.60. The average Bonchev–Trinajstić information content (AvgIpc) is 2.69. The first-order valence-corrected chi connectivity index (χ1v) is 8.70. The van der Waals surface area contributed by atoms with Crippen LogP contribution in [0.5, 0.6) is 0 Å². The van der Waals surface area contributed by atoms with Crippen molar-refractivity contribution in [1.29, 1.82) is 0 Å². The summed E-state index contributed by atoms with van der Waals surface area (Å²) >= 11 is 0. The van der Waals surface area contributed by atoms with Crippen molar-refractivity contribution < 1.29 is 9.90 Å². The lowest BCUT2D eigenvalue weighted by molar-refractivity contribution is -0.130. The number of carbonyl (C=O) groups excluding carboxylic acids is 1. The van der Waals surface area contributed by atoms with Crippen molar-refractivity contribution in [3.63, 3.8) is 0 Å². The van der Waals surface area contributed by atoms with Gasteiger partial charge in [-0.1, -0.05) is 12.1 Å². The van der Waals surface area contributed by atoms with E-state index in [-0.39, 0.29) is 5.91 Å². The van der Waals surface area contributed by atoms with Crippen LogP contribution in [0.1, 0.15) is 24.8 Å². The smallest absolute Gasteiger partial charge is 0.226 e. The van der Waals surface area contributed by atoms with Crippen LogP contribution in [0, 0.1) is 0 Å². The molecule has 1 aromatic rings. The van der Waals surface area contributed by atoms with E-state index in [1.165, 1.54) is 0 Å². The van der Waals surface area contributed by atoms with E-state index in [2.05, 4.69) is 0 Å². The first-order valence-electron chi connectivity index (χ1n) is 8.70. The lowest BCUT2D eigenvalue weighted by Gasteiger charge is -2.30. The molecule has 24 heavy (non-hydrogen) atoms. The zero-order valence-electron chi connectivity index (χ0n) is 15.5. The van der Waals surface area contributed by atoms with Gasteiger partial charge in [-0.15, -0.1) is 0 Å². The van der Waals surface area contributed by atoms with E-state index >= 15 is 0 Å².